The zero-order valence-electron chi connectivity index (χ0n) is 17.2. The number of nitrogens with one attached hydrogen (secondary N) is 3. The number of amidine groups is 1. The Hall–Kier alpha value is -3.27. The minimum atomic E-state index is -0.975. The third kappa shape index (κ3) is 5.08. The number of nitrogens with two attached hydrogens (primary N) is 1. The number of amides is 4. The number of benzene rings is 1. The molecule has 2 aliphatic heterocycles. The highest BCUT2D eigenvalue weighted by molar-refractivity contribution is 6.24. The SMILES string of the molecule is N=C1CCC(N2C(=O)c3cccc(OCC(=O)NCCCCCCN)c3C2=O)C(=O)N1. The molecule has 2 aliphatic rings. The molecule has 10 heteroatoms. The molecule has 4 amide bonds. The Morgan fingerprint density at radius 3 is 2.71 bits per heavy atom. The topological polar surface area (TPSA) is 155 Å². The Kier molecular flexibility index (Phi) is 7.35. The van der Waals surface area contributed by atoms with E-state index in [1.54, 1.807) is 6.07 Å². The summed E-state index contributed by atoms with van der Waals surface area (Å²) in [6.07, 6.45) is 4.26. The average molecular weight is 429 g/mol. The van der Waals surface area contributed by atoms with Crippen molar-refractivity contribution in [1.82, 2.24) is 15.5 Å². The van der Waals surface area contributed by atoms with E-state index in [-0.39, 0.29) is 48.1 Å². The molecule has 31 heavy (non-hydrogen) atoms. The van der Waals surface area contributed by atoms with E-state index in [0.717, 1.165) is 30.6 Å². The van der Waals surface area contributed by atoms with Crippen LogP contribution in [0.1, 0.15) is 59.2 Å². The molecule has 3 rings (SSSR count). The van der Waals surface area contributed by atoms with Crippen molar-refractivity contribution in [2.24, 2.45) is 5.73 Å². The van der Waals surface area contributed by atoms with Crippen LogP contribution in [0.25, 0.3) is 0 Å². The maximum absolute atomic E-state index is 13.0. The number of hydrogen-bond acceptors (Lipinski definition) is 7. The molecule has 0 radical (unpaired) electrons. The van der Waals surface area contributed by atoms with Crippen molar-refractivity contribution < 1.29 is 23.9 Å². The molecular formula is C21H27N5O5. The van der Waals surface area contributed by atoms with E-state index < -0.39 is 23.8 Å². The van der Waals surface area contributed by atoms with Crippen LogP contribution in [0.5, 0.6) is 5.75 Å². The normalized spacial score (nSPS) is 18.1. The van der Waals surface area contributed by atoms with Gasteiger partial charge in [-0.05, 0) is 37.9 Å². The van der Waals surface area contributed by atoms with Gasteiger partial charge in [-0.25, -0.2) is 0 Å². The summed E-state index contributed by atoms with van der Waals surface area (Å²) in [6.45, 7) is 0.897. The first kappa shape index (κ1) is 22.4. The third-order valence-corrected chi connectivity index (χ3v) is 5.28. The highest BCUT2D eigenvalue weighted by Gasteiger charge is 2.45. The summed E-state index contributed by atoms with van der Waals surface area (Å²) in [4.78, 5) is 51.0. The van der Waals surface area contributed by atoms with Crippen LogP contribution < -0.4 is 21.1 Å². The second-order valence-corrected chi connectivity index (χ2v) is 7.52. The highest BCUT2D eigenvalue weighted by atomic mass is 16.5. The number of imide groups is 1. The molecule has 1 saturated heterocycles. The van der Waals surface area contributed by atoms with Crippen molar-refractivity contribution >= 4 is 29.5 Å². The van der Waals surface area contributed by atoms with E-state index in [0.29, 0.717) is 13.1 Å². The molecule has 1 aromatic carbocycles. The van der Waals surface area contributed by atoms with Crippen molar-refractivity contribution in [3.63, 3.8) is 0 Å². The smallest absolute Gasteiger partial charge is 0.266 e. The minimum Gasteiger partial charge on any atom is -0.483 e. The van der Waals surface area contributed by atoms with Gasteiger partial charge in [0.15, 0.2) is 6.61 Å². The van der Waals surface area contributed by atoms with E-state index in [9.17, 15) is 19.2 Å². The van der Waals surface area contributed by atoms with E-state index in [1.165, 1.54) is 12.1 Å². The lowest BCUT2D eigenvalue weighted by Gasteiger charge is -2.28. The number of hydrogen-bond donors (Lipinski definition) is 4. The molecule has 1 aromatic rings. The molecule has 1 unspecified atom stereocenters. The number of fused-ring (bicyclic) bond motifs is 1. The third-order valence-electron chi connectivity index (χ3n) is 5.28. The second kappa shape index (κ2) is 10.2. The molecule has 0 saturated carbocycles. The Bertz CT molecular complexity index is 900. The summed E-state index contributed by atoms with van der Waals surface area (Å²) in [7, 11) is 0. The number of ether oxygens (including phenoxy) is 1. The fourth-order valence-corrected chi connectivity index (χ4v) is 3.67. The molecule has 0 bridgehead atoms. The fourth-order valence-electron chi connectivity index (χ4n) is 3.67. The van der Waals surface area contributed by atoms with Crippen LogP contribution in [0.15, 0.2) is 18.2 Å². The molecule has 5 N–H and O–H groups in total. The molecule has 0 spiro atoms. The van der Waals surface area contributed by atoms with E-state index >= 15 is 0 Å². The van der Waals surface area contributed by atoms with Gasteiger partial charge in [0.25, 0.3) is 17.7 Å². The average Bonchev–Trinajstić information content (AvgIpc) is 3.00. The molecule has 0 aromatic heterocycles. The molecule has 0 aliphatic carbocycles. The maximum Gasteiger partial charge on any atom is 0.266 e. The molecule has 166 valence electrons. The highest BCUT2D eigenvalue weighted by Crippen LogP contribution is 2.33. The van der Waals surface area contributed by atoms with Crippen LogP contribution in [0, 0.1) is 5.41 Å². The van der Waals surface area contributed by atoms with Gasteiger partial charge in [-0.2, -0.15) is 0 Å². The van der Waals surface area contributed by atoms with Crippen molar-refractivity contribution in [2.75, 3.05) is 19.7 Å². The van der Waals surface area contributed by atoms with Gasteiger partial charge >= 0.3 is 0 Å². The number of carbonyl (C=O) groups is 4. The zero-order chi connectivity index (χ0) is 22.4. The molecular weight excluding hydrogens is 402 g/mol. The summed E-state index contributed by atoms with van der Waals surface area (Å²) in [6, 6.07) is 3.60. The van der Waals surface area contributed by atoms with Gasteiger partial charge in [0.2, 0.25) is 5.91 Å². The molecule has 10 nitrogen and oxygen atoms in total. The number of piperidine rings is 1. The zero-order valence-corrected chi connectivity index (χ0v) is 17.2. The van der Waals surface area contributed by atoms with Gasteiger partial charge < -0.3 is 21.1 Å². The van der Waals surface area contributed by atoms with Crippen LogP contribution >= 0.6 is 0 Å². The fraction of sp³-hybridized carbons (Fsp3) is 0.476. The second-order valence-electron chi connectivity index (χ2n) is 7.52. The van der Waals surface area contributed by atoms with Crippen LogP contribution in [0.4, 0.5) is 0 Å². The summed E-state index contributed by atoms with van der Waals surface area (Å²) in [5.41, 5.74) is 5.63. The summed E-state index contributed by atoms with van der Waals surface area (Å²) < 4.78 is 5.54. The predicted molar refractivity (Wildman–Crippen MR) is 112 cm³/mol. The largest absolute Gasteiger partial charge is 0.483 e. The lowest BCUT2D eigenvalue weighted by molar-refractivity contribution is -0.124. The molecule has 1 fully saturated rings. The number of nitrogens with zero attached hydrogens (tertiary/aromatic N) is 1. The first-order valence-corrected chi connectivity index (χ1v) is 10.4. The first-order valence-electron chi connectivity index (χ1n) is 10.4. The van der Waals surface area contributed by atoms with Crippen molar-refractivity contribution in [2.45, 2.75) is 44.6 Å². The van der Waals surface area contributed by atoms with Gasteiger partial charge in [-0.3, -0.25) is 29.5 Å². The summed E-state index contributed by atoms with van der Waals surface area (Å²) >= 11 is 0. The van der Waals surface area contributed by atoms with Crippen molar-refractivity contribution in [1.29, 1.82) is 5.41 Å². The lowest BCUT2D eigenvalue weighted by Crippen LogP contribution is -2.54. The Morgan fingerprint density at radius 2 is 1.97 bits per heavy atom. The van der Waals surface area contributed by atoms with E-state index in [1.807, 2.05) is 0 Å². The van der Waals surface area contributed by atoms with Crippen LogP contribution in [-0.2, 0) is 9.59 Å². The predicted octanol–water partition coefficient (Wildman–Crippen LogP) is 0.553. The van der Waals surface area contributed by atoms with Crippen LogP contribution in [-0.4, -0.2) is 60.1 Å². The van der Waals surface area contributed by atoms with E-state index in [2.05, 4.69) is 10.6 Å². The van der Waals surface area contributed by atoms with Gasteiger partial charge in [-0.15, -0.1) is 0 Å². The monoisotopic (exact) mass is 429 g/mol. The van der Waals surface area contributed by atoms with Crippen molar-refractivity contribution in [3.8, 4) is 5.75 Å². The number of carbonyl (C=O) groups excluding carboxylic acids is 4. The Labute approximate surface area is 180 Å². The summed E-state index contributed by atoms with van der Waals surface area (Å²) in [5.74, 6) is -1.91. The summed E-state index contributed by atoms with van der Waals surface area (Å²) in [5, 5.41) is 12.7. The standard InChI is InChI=1S/C21H27N5O5/c22-10-3-1-2-4-11-24-17(27)12-31-15-7-5-6-13-18(15)21(30)26(20(13)29)14-8-9-16(23)25-19(14)28/h5-7,14H,1-4,8-12,22H2,(H,24,27)(H2,23,25,28). The quantitative estimate of drug-likeness (QED) is 0.315. The Balaban J connectivity index is 1.61. The number of rotatable bonds is 10. The first-order chi connectivity index (χ1) is 14.9. The molecule has 1 atom stereocenters. The number of unbranched alkanes of at least 4 members (excludes halogenated alkanes) is 3. The van der Waals surface area contributed by atoms with Crippen LogP contribution in [0.3, 0.4) is 0 Å². The van der Waals surface area contributed by atoms with Gasteiger partial charge in [0.1, 0.15) is 11.8 Å². The van der Waals surface area contributed by atoms with Gasteiger partial charge in [-0.1, -0.05) is 18.9 Å². The molecule has 2 heterocycles. The minimum absolute atomic E-state index is 0.0514. The van der Waals surface area contributed by atoms with Gasteiger partial charge in [0.05, 0.1) is 17.0 Å². The maximum atomic E-state index is 13.0. The lowest BCUT2D eigenvalue weighted by atomic mass is 10.0. The van der Waals surface area contributed by atoms with Gasteiger partial charge in [0, 0.05) is 13.0 Å². The Morgan fingerprint density at radius 1 is 1.19 bits per heavy atom. The van der Waals surface area contributed by atoms with E-state index in [4.69, 9.17) is 15.9 Å². The van der Waals surface area contributed by atoms with Crippen molar-refractivity contribution in [3.05, 3.63) is 29.3 Å². The van der Waals surface area contributed by atoms with Crippen LogP contribution in [0.2, 0.25) is 0 Å².